The van der Waals surface area contributed by atoms with E-state index in [9.17, 15) is 9.18 Å². The van der Waals surface area contributed by atoms with Gasteiger partial charge in [0.25, 0.3) is 0 Å². The van der Waals surface area contributed by atoms with E-state index in [1.165, 1.54) is 25.4 Å². The maximum atomic E-state index is 13.2. The highest BCUT2D eigenvalue weighted by molar-refractivity contribution is 6.32. The van der Waals surface area contributed by atoms with Crippen LogP contribution in [0.4, 0.5) is 22.0 Å². The van der Waals surface area contributed by atoms with E-state index in [0.717, 1.165) is 11.9 Å². The van der Waals surface area contributed by atoms with Crippen LogP contribution in [-0.2, 0) is 4.79 Å². The van der Waals surface area contributed by atoms with E-state index in [1.54, 1.807) is 6.07 Å². The summed E-state index contributed by atoms with van der Waals surface area (Å²) in [5, 5.41) is 15.8. The zero-order valence-corrected chi connectivity index (χ0v) is 15.9. The Kier molecular flexibility index (Phi) is 5.99. The van der Waals surface area contributed by atoms with Crippen LogP contribution in [0.25, 0.3) is 0 Å². The molecule has 11 heteroatoms. The molecular weight excluding hydrogens is 387 g/mol. The second-order valence-electron chi connectivity index (χ2n) is 5.93. The molecule has 9 nitrogen and oxygen atoms in total. The Labute approximate surface area is 165 Å². The minimum absolute atomic E-state index is 0.0580. The first-order valence-electron chi connectivity index (χ1n) is 8.34. The molecule has 3 aromatic heterocycles. The summed E-state index contributed by atoms with van der Waals surface area (Å²) in [5.41, 5.74) is 1.35. The van der Waals surface area contributed by atoms with E-state index in [0.29, 0.717) is 22.4 Å². The van der Waals surface area contributed by atoms with Gasteiger partial charge in [0, 0.05) is 18.8 Å². The second-order valence-corrected chi connectivity index (χ2v) is 6.33. The van der Waals surface area contributed by atoms with Crippen LogP contribution in [0.15, 0.2) is 30.6 Å². The van der Waals surface area contributed by atoms with Crippen molar-refractivity contribution >= 4 is 35.1 Å². The van der Waals surface area contributed by atoms with E-state index >= 15 is 0 Å². The van der Waals surface area contributed by atoms with Gasteiger partial charge < -0.3 is 16.0 Å². The molecule has 3 rings (SSSR count). The summed E-state index contributed by atoms with van der Waals surface area (Å²) in [6.07, 6.45) is 2.57. The number of pyridine rings is 1. The fourth-order valence-electron chi connectivity index (χ4n) is 2.39. The Balaban J connectivity index is 1.84. The van der Waals surface area contributed by atoms with Crippen molar-refractivity contribution in [1.29, 1.82) is 0 Å². The molecule has 0 saturated carbocycles. The van der Waals surface area contributed by atoms with Crippen LogP contribution in [0, 0.1) is 12.7 Å². The molecule has 146 valence electrons. The number of carbonyl (C=O) groups excluding carboxylic acids is 1. The molecule has 0 aliphatic rings. The van der Waals surface area contributed by atoms with Crippen LogP contribution in [-0.4, -0.2) is 38.1 Å². The molecule has 1 atom stereocenters. The van der Waals surface area contributed by atoms with E-state index in [1.807, 2.05) is 6.92 Å². The van der Waals surface area contributed by atoms with Gasteiger partial charge in [0.2, 0.25) is 11.9 Å². The van der Waals surface area contributed by atoms with Gasteiger partial charge in [-0.2, -0.15) is 10.1 Å². The molecule has 0 spiro atoms. The number of aromatic nitrogens is 5. The number of aromatic amines is 1. The molecule has 0 saturated heterocycles. The first-order valence-corrected chi connectivity index (χ1v) is 8.72. The summed E-state index contributed by atoms with van der Waals surface area (Å²) in [5.74, 6) is 0.427. The number of halogens is 2. The summed E-state index contributed by atoms with van der Waals surface area (Å²) >= 11 is 6.16. The number of aryl methyl sites for hydroxylation is 1. The van der Waals surface area contributed by atoms with Crippen molar-refractivity contribution in [3.05, 3.63) is 52.8 Å². The van der Waals surface area contributed by atoms with Gasteiger partial charge in [-0.15, -0.1) is 0 Å². The molecule has 3 heterocycles. The molecule has 0 bridgehead atoms. The molecule has 4 N–H and O–H groups in total. The molecule has 28 heavy (non-hydrogen) atoms. The largest absolute Gasteiger partial charge is 0.359 e. The molecule has 0 aliphatic carbocycles. The van der Waals surface area contributed by atoms with Crippen LogP contribution in [0.2, 0.25) is 5.02 Å². The number of hydrogen-bond donors (Lipinski definition) is 4. The smallest absolute Gasteiger partial charge is 0.225 e. The van der Waals surface area contributed by atoms with Crippen molar-refractivity contribution in [1.82, 2.24) is 30.5 Å². The monoisotopic (exact) mass is 404 g/mol. The highest BCUT2D eigenvalue weighted by Crippen LogP contribution is 2.25. The van der Waals surface area contributed by atoms with Crippen molar-refractivity contribution in [2.45, 2.75) is 19.4 Å². The van der Waals surface area contributed by atoms with E-state index in [4.69, 9.17) is 11.6 Å². The Morgan fingerprint density at radius 2 is 2.14 bits per heavy atom. The van der Waals surface area contributed by atoms with Gasteiger partial charge in [-0.05, 0) is 19.1 Å². The molecular formula is C17H18ClFN8O. The zero-order chi connectivity index (χ0) is 20.1. The summed E-state index contributed by atoms with van der Waals surface area (Å²) in [6, 6.07) is 4.00. The highest BCUT2D eigenvalue weighted by atomic mass is 35.5. The van der Waals surface area contributed by atoms with Crippen LogP contribution in [0.3, 0.4) is 0 Å². The number of carbonyl (C=O) groups is 1. The van der Waals surface area contributed by atoms with Gasteiger partial charge in [-0.25, -0.2) is 9.37 Å². The number of nitrogens with zero attached hydrogens (tertiary/aromatic N) is 4. The Morgan fingerprint density at radius 3 is 2.79 bits per heavy atom. The quantitative estimate of drug-likeness (QED) is 0.477. The number of nitrogens with one attached hydrogen (secondary N) is 4. The lowest BCUT2D eigenvalue weighted by molar-refractivity contribution is -0.120. The van der Waals surface area contributed by atoms with E-state index in [2.05, 4.69) is 41.1 Å². The lowest BCUT2D eigenvalue weighted by Crippen LogP contribution is -2.25. The third-order valence-corrected chi connectivity index (χ3v) is 4.05. The third-order valence-electron chi connectivity index (χ3n) is 3.78. The third kappa shape index (κ3) is 4.92. The highest BCUT2D eigenvalue weighted by Gasteiger charge is 2.19. The molecule has 0 radical (unpaired) electrons. The molecule has 0 aromatic carbocycles. The normalized spacial score (nSPS) is 11.7. The topological polar surface area (TPSA) is 121 Å². The standard InChI is InChI=1S/C17H18ClFN8O/c1-9-5-14(27-26-9)24-16-11(18)8-22-17(25-16)23-13(6-15(28)20-2)12-4-3-10(19)7-21-12/h3-5,7-8,13H,6H2,1-2H3,(H,20,28)(H3,22,23,24,25,26,27)/t13-/m0/s1. The molecule has 0 aliphatic heterocycles. The predicted molar refractivity (Wildman–Crippen MR) is 103 cm³/mol. The molecule has 1 amide bonds. The summed E-state index contributed by atoms with van der Waals surface area (Å²) in [4.78, 5) is 24.4. The van der Waals surface area contributed by atoms with E-state index in [-0.39, 0.29) is 18.3 Å². The van der Waals surface area contributed by atoms with Crippen LogP contribution in [0.5, 0.6) is 0 Å². The SMILES string of the molecule is CNC(=O)C[C@H](Nc1ncc(Cl)c(Nc2cc(C)[nH]n2)n1)c1ccc(F)cn1. The van der Waals surface area contributed by atoms with Gasteiger partial charge in [0.15, 0.2) is 11.6 Å². The molecule has 0 fully saturated rings. The minimum atomic E-state index is -0.567. The number of anilines is 3. The van der Waals surface area contributed by atoms with Crippen molar-refractivity contribution in [2.24, 2.45) is 0 Å². The van der Waals surface area contributed by atoms with Crippen LogP contribution >= 0.6 is 11.6 Å². The summed E-state index contributed by atoms with van der Waals surface area (Å²) < 4.78 is 13.2. The zero-order valence-electron chi connectivity index (χ0n) is 15.1. The average molecular weight is 405 g/mol. The minimum Gasteiger partial charge on any atom is -0.359 e. The molecule has 0 unspecified atom stereocenters. The van der Waals surface area contributed by atoms with Gasteiger partial charge in [-0.1, -0.05) is 11.6 Å². The molecule has 3 aromatic rings. The van der Waals surface area contributed by atoms with Crippen molar-refractivity contribution < 1.29 is 9.18 Å². The van der Waals surface area contributed by atoms with Gasteiger partial charge in [0.1, 0.15) is 10.8 Å². The van der Waals surface area contributed by atoms with Crippen LogP contribution in [0.1, 0.15) is 23.9 Å². The fraction of sp³-hybridized carbons (Fsp3) is 0.235. The average Bonchev–Trinajstić information content (AvgIpc) is 3.09. The van der Waals surface area contributed by atoms with Crippen molar-refractivity contribution in [3.63, 3.8) is 0 Å². The maximum absolute atomic E-state index is 13.2. The maximum Gasteiger partial charge on any atom is 0.225 e. The van der Waals surface area contributed by atoms with Crippen molar-refractivity contribution in [3.8, 4) is 0 Å². The van der Waals surface area contributed by atoms with Crippen LogP contribution < -0.4 is 16.0 Å². The van der Waals surface area contributed by atoms with Gasteiger partial charge in [0.05, 0.1) is 30.6 Å². The van der Waals surface area contributed by atoms with Gasteiger partial charge >= 0.3 is 0 Å². The lowest BCUT2D eigenvalue weighted by Gasteiger charge is -2.18. The Morgan fingerprint density at radius 1 is 1.32 bits per heavy atom. The Bertz CT molecular complexity index is 962. The predicted octanol–water partition coefficient (Wildman–Crippen LogP) is 2.73. The number of rotatable bonds is 7. The second kappa shape index (κ2) is 8.61. The number of H-pyrrole nitrogens is 1. The van der Waals surface area contributed by atoms with E-state index < -0.39 is 11.9 Å². The fourth-order valence-corrected chi connectivity index (χ4v) is 2.53. The van der Waals surface area contributed by atoms with Gasteiger partial charge in [-0.3, -0.25) is 14.9 Å². The summed E-state index contributed by atoms with van der Waals surface area (Å²) in [6.45, 7) is 1.87. The number of amides is 1. The number of hydrogen-bond acceptors (Lipinski definition) is 7. The summed E-state index contributed by atoms with van der Waals surface area (Å²) in [7, 11) is 1.53. The first-order chi connectivity index (χ1) is 13.4. The Hall–Kier alpha value is -3.27. The van der Waals surface area contributed by atoms with Crippen molar-refractivity contribution in [2.75, 3.05) is 17.7 Å². The first kappa shape index (κ1) is 19.5. The lowest BCUT2D eigenvalue weighted by atomic mass is 10.1.